The molecule has 1 aromatic carbocycles. The van der Waals surface area contributed by atoms with Gasteiger partial charge in [-0.2, -0.15) is 0 Å². The van der Waals surface area contributed by atoms with Crippen molar-refractivity contribution >= 4 is 23.3 Å². The fourth-order valence-corrected chi connectivity index (χ4v) is 2.95. The van der Waals surface area contributed by atoms with Gasteiger partial charge in [-0.3, -0.25) is 4.79 Å². The number of pyridine rings is 1. The number of hydrogen-bond acceptors (Lipinski definition) is 4. The molecule has 0 radical (unpaired) electrons. The molecule has 0 saturated carbocycles. The van der Waals surface area contributed by atoms with Crippen LogP contribution in [0.25, 0.3) is 0 Å². The Morgan fingerprint density at radius 2 is 2.29 bits per heavy atom. The number of rotatable bonds is 5. The second kappa shape index (κ2) is 7.64. The summed E-state index contributed by atoms with van der Waals surface area (Å²) in [5, 5.41) is 3.49. The first-order valence-corrected chi connectivity index (χ1v) is 8.22. The van der Waals surface area contributed by atoms with Crippen LogP contribution in [0.4, 0.5) is 5.82 Å². The first-order valence-electron chi connectivity index (χ1n) is 7.84. The molecule has 0 fully saturated rings. The second-order valence-electron chi connectivity index (χ2n) is 5.65. The highest BCUT2D eigenvalue weighted by molar-refractivity contribution is 6.30. The number of carbonyl (C=O) groups excluding carboxylic acids is 1. The molecule has 1 unspecified atom stereocenters. The van der Waals surface area contributed by atoms with Crippen LogP contribution in [0.2, 0.25) is 5.02 Å². The standard InChI is InChI=1S/C18H19ClN2O3/c1-23-8-5-12-4-7-20-17(10-12)21-18(22)14-6-9-24-16-3-2-13(19)11-15(14)16/h2-4,7,10-11,14H,5-6,8-9H2,1H3,(H,20,21,22). The third kappa shape index (κ3) is 3.86. The highest BCUT2D eigenvalue weighted by Crippen LogP contribution is 2.36. The number of anilines is 1. The molecule has 0 bridgehead atoms. The lowest BCUT2D eigenvalue weighted by atomic mass is 9.92. The fraction of sp³-hybridized carbons (Fsp3) is 0.333. The Morgan fingerprint density at radius 3 is 3.12 bits per heavy atom. The van der Waals surface area contributed by atoms with Crippen molar-refractivity contribution in [1.29, 1.82) is 0 Å². The normalized spacial score (nSPS) is 16.2. The number of benzene rings is 1. The van der Waals surface area contributed by atoms with Crippen molar-refractivity contribution < 1.29 is 14.3 Å². The van der Waals surface area contributed by atoms with Crippen molar-refractivity contribution in [3.8, 4) is 5.75 Å². The zero-order valence-electron chi connectivity index (χ0n) is 13.4. The van der Waals surface area contributed by atoms with Gasteiger partial charge in [-0.1, -0.05) is 11.6 Å². The van der Waals surface area contributed by atoms with Crippen molar-refractivity contribution in [2.45, 2.75) is 18.8 Å². The van der Waals surface area contributed by atoms with E-state index in [0.29, 0.717) is 36.2 Å². The molecule has 0 saturated heterocycles. The number of amides is 1. The summed E-state index contributed by atoms with van der Waals surface area (Å²) >= 11 is 6.06. The predicted octanol–water partition coefficient (Wildman–Crippen LogP) is 3.43. The highest BCUT2D eigenvalue weighted by atomic mass is 35.5. The van der Waals surface area contributed by atoms with Crippen molar-refractivity contribution in [2.75, 3.05) is 25.6 Å². The van der Waals surface area contributed by atoms with Crippen LogP contribution < -0.4 is 10.1 Å². The van der Waals surface area contributed by atoms with Gasteiger partial charge in [-0.15, -0.1) is 0 Å². The summed E-state index contributed by atoms with van der Waals surface area (Å²) in [6.45, 7) is 1.14. The van der Waals surface area contributed by atoms with Crippen molar-refractivity contribution in [3.63, 3.8) is 0 Å². The number of aromatic nitrogens is 1. The Hall–Kier alpha value is -2.11. The molecule has 3 rings (SSSR count). The van der Waals surface area contributed by atoms with E-state index in [1.165, 1.54) is 0 Å². The lowest BCUT2D eigenvalue weighted by Crippen LogP contribution is -2.26. The van der Waals surface area contributed by atoms with Gasteiger partial charge >= 0.3 is 0 Å². The molecule has 2 aromatic rings. The third-order valence-corrected chi connectivity index (χ3v) is 4.23. The van der Waals surface area contributed by atoms with Gasteiger partial charge in [0.1, 0.15) is 11.6 Å². The first-order chi connectivity index (χ1) is 11.7. The molecule has 24 heavy (non-hydrogen) atoms. The van der Waals surface area contributed by atoms with E-state index in [9.17, 15) is 4.79 Å². The Kier molecular flexibility index (Phi) is 5.33. The summed E-state index contributed by atoms with van der Waals surface area (Å²) in [6, 6.07) is 9.15. The van der Waals surface area contributed by atoms with Crippen LogP contribution >= 0.6 is 11.6 Å². The van der Waals surface area contributed by atoms with E-state index in [4.69, 9.17) is 21.1 Å². The maximum absolute atomic E-state index is 12.7. The molecule has 1 aromatic heterocycles. The van der Waals surface area contributed by atoms with E-state index in [1.807, 2.05) is 12.1 Å². The summed E-state index contributed by atoms with van der Waals surface area (Å²) < 4.78 is 10.7. The lowest BCUT2D eigenvalue weighted by molar-refractivity contribution is -0.118. The number of nitrogens with zero attached hydrogens (tertiary/aromatic N) is 1. The number of fused-ring (bicyclic) bond motifs is 1. The molecule has 0 aliphatic carbocycles. The highest BCUT2D eigenvalue weighted by Gasteiger charge is 2.28. The number of ether oxygens (including phenoxy) is 2. The fourth-order valence-electron chi connectivity index (χ4n) is 2.77. The zero-order valence-corrected chi connectivity index (χ0v) is 14.2. The number of carbonyl (C=O) groups is 1. The molecule has 1 aliphatic heterocycles. The van der Waals surface area contributed by atoms with E-state index in [1.54, 1.807) is 31.5 Å². The van der Waals surface area contributed by atoms with Gasteiger partial charge in [-0.05, 0) is 48.7 Å². The van der Waals surface area contributed by atoms with Crippen LogP contribution in [0.5, 0.6) is 5.75 Å². The maximum Gasteiger partial charge on any atom is 0.233 e. The Morgan fingerprint density at radius 1 is 1.42 bits per heavy atom. The summed E-state index contributed by atoms with van der Waals surface area (Å²) in [5.74, 6) is 0.867. The summed E-state index contributed by atoms with van der Waals surface area (Å²) in [7, 11) is 1.66. The minimum absolute atomic E-state index is 0.0989. The van der Waals surface area contributed by atoms with Crippen LogP contribution in [-0.2, 0) is 16.0 Å². The van der Waals surface area contributed by atoms with E-state index >= 15 is 0 Å². The average Bonchev–Trinajstić information content (AvgIpc) is 2.59. The minimum atomic E-state index is -0.295. The summed E-state index contributed by atoms with van der Waals surface area (Å²) in [4.78, 5) is 16.9. The topological polar surface area (TPSA) is 60.5 Å². The summed E-state index contributed by atoms with van der Waals surface area (Å²) in [5.41, 5.74) is 1.89. The number of hydrogen-bond donors (Lipinski definition) is 1. The van der Waals surface area contributed by atoms with Crippen molar-refractivity contribution in [1.82, 2.24) is 4.98 Å². The van der Waals surface area contributed by atoms with Crippen LogP contribution in [0.15, 0.2) is 36.5 Å². The number of nitrogens with one attached hydrogen (secondary N) is 1. The molecule has 0 spiro atoms. The van der Waals surface area contributed by atoms with Gasteiger partial charge in [0.05, 0.1) is 19.1 Å². The Bertz CT molecular complexity index is 736. The van der Waals surface area contributed by atoms with Gasteiger partial charge in [0.25, 0.3) is 0 Å². The second-order valence-corrected chi connectivity index (χ2v) is 6.09. The van der Waals surface area contributed by atoms with Crippen LogP contribution in [0.1, 0.15) is 23.5 Å². The molecule has 6 heteroatoms. The molecule has 1 amide bonds. The number of methoxy groups -OCH3 is 1. The maximum atomic E-state index is 12.7. The minimum Gasteiger partial charge on any atom is -0.493 e. The van der Waals surface area contributed by atoms with Crippen molar-refractivity contribution in [3.05, 3.63) is 52.7 Å². The molecule has 5 nitrogen and oxygen atoms in total. The van der Waals surface area contributed by atoms with E-state index in [0.717, 1.165) is 17.5 Å². The smallest absolute Gasteiger partial charge is 0.233 e. The molecule has 126 valence electrons. The van der Waals surface area contributed by atoms with Gasteiger partial charge in [0.15, 0.2) is 0 Å². The molecule has 1 atom stereocenters. The Labute approximate surface area is 145 Å². The van der Waals surface area contributed by atoms with Gasteiger partial charge in [0.2, 0.25) is 5.91 Å². The molecular weight excluding hydrogens is 328 g/mol. The van der Waals surface area contributed by atoms with E-state index in [-0.39, 0.29) is 11.8 Å². The first kappa shape index (κ1) is 16.7. The van der Waals surface area contributed by atoms with E-state index < -0.39 is 0 Å². The van der Waals surface area contributed by atoms with Gasteiger partial charge in [-0.25, -0.2) is 4.98 Å². The lowest BCUT2D eigenvalue weighted by Gasteiger charge is -2.25. The quantitative estimate of drug-likeness (QED) is 0.901. The predicted molar refractivity (Wildman–Crippen MR) is 92.8 cm³/mol. The van der Waals surface area contributed by atoms with E-state index in [2.05, 4.69) is 10.3 Å². The van der Waals surface area contributed by atoms with Gasteiger partial charge in [0, 0.05) is 23.9 Å². The molecule has 1 aliphatic rings. The number of halogens is 1. The van der Waals surface area contributed by atoms with Crippen molar-refractivity contribution in [2.24, 2.45) is 0 Å². The monoisotopic (exact) mass is 346 g/mol. The largest absolute Gasteiger partial charge is 0.493 e. The summed E-state index contributed by atoms with van der Waals surface area (Å²) in [6.07, 6.45) is 3.08. The molecular formula is C18H19ClN2O3. The van der Waals surface area contributed by atoms with Gasteiger partial charge < -0.3 is 14.8 Å². The SMILES string of the molecule is COCCc1ccnc(NC(=O)C2CCOc3ccc(Cl)cc32)c1. The van der Waals surface area contributed by atoms with Crippen LogP contribution in [-0.4, -0.2) is 31.2 Å². The van der Waals surface area contributed by atoms with Crippen LogP contribution in [0.3, 0.4) is 0 Å². The molecule has 1 N–H and O–H groups in total. The third-order valence-electron chi connectivity index (χ3n) is 4.00. The zero-order chi connectivity index (χ0) is 16.9. The Balaban J connectivity index is 1.75. The van der Waals surface area contributed by atoms with Crippen LogP contribution in [0, 0.1) is 0 Å². The molecule has 2 heterocycles. The average molecular weight is 347 g/mol.